The molecule has 0 aromatic heterocycles. The summed E-state index contributed by atoms with van der Waals surface area (Å²) in [5.41, 5.74) is 1.55. The van der Waals surface area contributed by atoms with Gasteiger partial charge in [-0.1, -0.05) is 13.8 Å². The van der Waals surface area contributed by atoms with Gasteiger partial charge in [0.1, 0.15) is 14.1 Å². The van der Waals surface area contributed by atoms with Crippen molar-refractivity contribution in [1.29, 1.82) is 0 Å². The maximum atomic E-state index is 2.23. The first kappa shape index (κ1) is 8.67. The SMILES string of the molecule is CCCC(CC)=[N+](C)C. The summed E-state index contributed by atoms with van der Waals surface area (Å²) >= 11 is 0. The van der Waals surface area contributed by atoms with E-state index < -0.39 is 0 Å². The number of hydrogen-bond donors (Lipinski definition) is 0. The van der Waals surface area contributed by atoms with Crippen molar-refractivity contribution < 1.29 is 4.58 Å². The van der Waals surface area contributed by atoms with E-state index in [0.717, 1.165) is 0 Å². The molecule has 1 nitrogen and oxygen atoms in total. The Morgan fingerprint density at radius 2 is 1.78 bits per heavy atom. The zero-order valence-electron chi connectivity index (χ0n) is 7.07. The Labute approximate surface area is 58.4 Å². The molecule has 0 rings (SSSR count). The molecule has 0 radical (unpaired) electrons. The minimum atomic E-state index is 1.20. The van der Waals surface area contributed by atoms with Crippen LogP contribution in [0.1, 0.15) is 33.1 Å². The lowest BCUT2D eigenvalue weighted by Crippen LogP contribution is -2.11. The van der Waals surface area contributed by atoms with Crippen LogP contribution in [0.2, 0.25) is 0 Å². The molecule has 0 saturated heterocycles. The highest BCUT2D eigenvalue weighted by Gasteiger charge is 2.00. The highest BCUT2D eigenvalue weighted by atomic mass is 14.9. The van der Waals surface area contributed by atoms with Crippen molar-refractivity contribution in [2.24, 2.45) is 0 Å². The van der Waals surface area contributed by atoms with Crippen LogP contribution in [-0.4, -0.2) is 24.4 Å². The Balaban J connectivity index is 3.83. The van der Waals surface area contributed by atoms with Crippen LogP contribution in [0, 0.1) is 0 Å². The van der Waals surface area contributed by atoms with Crippen LogP contribution < -0.4 is 0 Å². The van der Waals surface area contributed by atoms with Crippen molar-refractivity contribution in [3.63, 3.8) is 0 Å². The predicted molar refractivity (Wildman–Crippen MR) is 42.3 cm³/mol. The van der Waals surface area contributed by atoms with Gasteiger partial charge in [-0.15, -0.1) is 0 Å². The standard InChI is InChI=1S/C8H18N/c1-5-7-8(6-2)9(3)4/h5-7H2,1-4H3/q+1. The number of rotatable bonds is 3. The van der Waals surface area contributed by atoms with Crippen LogP contribution in [0.4, 0.5) is 0 Å². The quantitative estimate of drug-likeness (QED) is 0.403. The molecule has 0 aliphatic carbocycles. The van der Waals surface area contributed by atoms with Crippen molar-refractivity contribution in [3.05, 3.63) is 0 Å². The van der Waals surface area contributed by atoms with E-state index in [9.17, 15) is 0 Å². The van der Waals surface area contributed by atoms with Gasteiger partial charge in [-0.2, -0.15) is 0 Å². The van der Waals surface area contributed by atoms with Crippen molar-refractivity contribution in [3.8, 4) is 0 Å². The third-order valence-corrected chi connectivity index (χ3v) is 1.58. The van der Waals surface area contributed by atoms with Crippen LogP contribution in [0.25, 0.3) is 0 Å². The van der Waals surface area contributed by atoms with Gasteiger partial charge in [-0.25, -0.2) is 4.58 Å². The molecule has 0 amide bonds. The van der Waals surface area contributed by atoms with Crippen molar-refractivity contribution in [1.82, 2.24) is 0 Å². The molecule has 0 heterocycles. The number of hydrogen-bond acceptors (Lipinski definition) is 0. The predicted octanol–water partition coefficient (Wildman–Crippen LogP) is 1.91. The van der Waals surface area contributed by atoms with E-state index in [0.29, 0.717) is 0 Å². The van der Waals surface area contributed by atoms with E-state index >= 15 is 0 Å². The van der Waals surface area contributed by atoms with Crippen molar-refractivity contribution in [2.45, 2.75) is 33.1 Å². The topological polar surface area (TPSA) is 3.01 Å². The van der Waals surface area contributed by atoms with Gasteiger partial charge in [0.2, 0.25) is 0 Å². The summed E-state index contributed by atoms with van der Waals surface area (Å²) in [7, 11) is 4.24. The molecular formula is C8H18N+. The zero-order chi connectivity index (χ0) is 7.28. The molecule has 0 aromatic rings. The molecule has 0 bridgehead atoms. The van der Waals surface area contributed by atoms with Gasteiger partial charge in [-0.05, 0) is 6.42 Å². The molecule has 0 spiro atoms. The lowest BCUT2D eigenvalue weighted by molar-refractivity contribution is -0.467. The van der Waals surface area contributed by atoms with Crippen LogP contribution in [-0.2, 0) is 0 Å². The summed E-state index contributed by atoms with van der Waals surface area (Å²) in [5, 5.41) is 0. The highest BCUT2D eigenvalue weighted by molar-refractivity contribution is 5.79. The van der Waals surface area contributed by atoms with Crippen LogP contribution in [0.15, 0.2) is 0 Å². The molecule has 0 saturated carbocycles. The Bertz CT molecular complexity index is 99.1. The molecule has 0 N–H and O–H groups in total. The summed E-state index contributed by atoms with van der Waals surface area (Å²) in [6.07, 6.45) is 3.71. The van der Waals surface area contributed by atoms with E-state index in [1.807, 2.05) is 0 Å². The van der Waals surface area contributed by atoms with E-state index in [1.165, 1.54) is 19.3 Å². The van der Waals surface area contributed by atoms with Crippen LogP contribution in [0.3, 0.4) is 0 Å². The van der Waals surface area contributed by atoms with Gasteiger partial charge >= 0.3 is 0 Å². The third-order valence-electron chi connectivity index (χ3n) is 1.58. The van der Waals surface area contributed by atoms with E-state index in [-0.39, 0.29) is 0 Å². The Kier molecular flexibility index (Phi) is 4.37. The smallest absolute Gasteiger partial charge is 0.151 e. The molecule has 0 atom stereocenters. The average Bonchev–Trinajstić information content (AvgIpc) is 1.82. The molecule has 0 unspecified atom stereocenters. The number of nitrogens with zero attached hydrogens (tertiary/aromatic N) is 1. The van der Waals surface area contributed by atoms with E-state index in [1.54, 1.807) is 5.71 Å². The minimum absolute atomic E-state index is 1.20. The highest BCUT2D eigenvalue weighted by Crippen LogP contribution is 1.94. The Morgan fingerprint density at radius 1 is 1.22 bits per heavy atom. The maximum absolute atomic E-state index is 2.23. The second-order valence-corrected chi connectivity index (χ2v) is 2.56. The normalized spacial score (nSPS) is 9.33. The van der Waals surface area contributed by atoms with E-state index in [4.69, 9.17) is 0 Å². The molecule has 1 heteroatoms. The first-order chi connectivity index (χ1) is 4.22. The lowest BCUT2D eigenvalue weighted by Gasteiger charge is -1.96. The van der Waals surface area contributed by atoms with Gasteiger partial charge in [0.15, 0.2) is 5.71 Å². The summed E-state index contributed by atoms with van der Waals surface area (Å²) in [5.74, 6) is 0. The Hall–Kier alpha value is -0.330. The largest absolute Gasteiger partial charge is 0.242 e. The second-order valence-electron chi connectivity index (χ2n) is 2.56. The fraction of sp³-hybridized carbons (Fsp3) is 0.875. The maximum Gasteiger partial charge on any atom is 0.151 e. The Morgan fingerprint density at radius 3 is 1.89 bits per heavy atom. The van der Waals surface area contributed by atoms with Gasteiger partial charge < -0.3 is 0 Å². The molecule has 0 fully saturated rings. The summed E-state index contributed by atoms with van der Waals surface area (Å²) in [6, 6.07) is 0. The summed E-state index contributed by atoms with van der Waals surface area (Å²) in [4.78, 5) is 0. The second kappa shape index (κ2) is 4.54. The lowest BCUT2D eigenvalue weighted by atomic mass is 10.2. The van der Waals surface area contributed by atoms with Gasteiger partial charge in [0.05, 0.1) is 0 Å². The zero-order valence-corrected chi connectivity index (χ0v) is 7.07. The van der Waals surface area contributed by atoms with Gasteiger partial charge in [-0.3, -0.25) is 0 Å². The van der Waals surface area contributed by atoms with Crippen LogP contribution in [0.5, 0.6) is 0 Å². The van der Waals surface area contributed by atoms with Gasteiger partial charge in [0, 0.05) is 12.8 Å². The fourth-order valence-electron chi connectivity index (χ4n) is 1.01. The monoisotopic (exact) mass is 128 g/mol. The first-order valence-corrected chi connectivity index (χ1v) is 3.74. The minimum Gasteiger partial charge on any atom is -0.242 e. The molecule has 0 aliphatic heterocycles. The molecule has 0 aromatic carbocycles. The van der Waals surface area contributed by atoms with Crippen LogP contribution >= 0.6 is 0 Å². The molecule has 54 valence electrons. The molecule has 9 heavy (non-hydrogen) atoms. The van der Waals surface area contributed by atoms with Gasteiger partial charge in [0.25, 0.3) is 0 Å². The fourth-order valence-corrected chi connectivity index (χ4v) is 1.01. The molecule has 0 aliphatic rings. The summed E-state index contributed by atoms with van der Waals surface area (Å²) < 4.78 is 2.23. The third kappa shape index (κ3) is 3.28. The van der Waals surface area contributed by atoms with Crippen molar-refractivity contribution >= 4 is 5.71 Å². The van der Waals surface area contributed by atoms with Crippen molar-refractivity contribution in [2.75, 3.05) is 14.1 Å². The molecular weight excluding hydrogens is 110 g/mol. The van der Waals surface area contributed by atoms with E-state index in [2.05, 4.69) is 32.5 Å². The first-order valence-electron chi connectivity index (χ1n) is 3.74. The average molecular weight is 128 g/mol. The summed E-state index contributed by atoms with van der Waals surface area (Å²) in [6.45, 7) is 4.43.